The third kappa shape index (κ3) is 3.63. The summed E-state index contributed by atoms with van der Waals surface area (Å²) in [6, 6.07) is 23.1. The molecule has 0 aliphatic heterocycles. The molecule has 0 bridgehead atoms. The summed E-state index contributed by atoms with van der Waals surface area (Å²) in [5, 5.41) is 5.11. The second-order valence-corrected chi connectivity index (χ2v) is 8.41. The van der Waals surface area contributed by atoms with Gasteiger partial charge in [-0.2, -0.15) is 0 Å². The lowest BCUT2D eigenvalue weighted by Gasteiger charge is -2.13. The monoisotopic (exact) mass is 486 g/mol. The summed E-state index contributed by atoms with van der Waals surface area (Å²) >= 11 is 3.45. The van der Waals surface area contributed by atoms with E-state index in [1.54, 1.807) is 13.2 Å². The second kappa shape index (κ2) is 8.13. The largest absolute Gasteiger partial charge is 0.496 e. The molecule has 32 heavy (non-hydrogen) atoms. The van der Waals surface area contributed by atoms with Crippen molar-refractivity contribution in [2.45, 2.75) is 6.92 Å². The van der Waals surface area contributed by atoms with Crippen molar-refractivity contribution >= 4 is 49.4 Å². The molecule has 0 fully saturated rings. The summed E-state index contributed by atoms with van der Waals surface area (Å²) in [5.74, 6) is 0.794. The van der Waals surface area contributed by atoms with Gasteiger partial charge < -0.3 is 14.5 Å². The van der Waals surface area contributed by atoms with Crippen LogP contribution in [0.5, 0.6) is 5.75 Å². The van der Waals surface area contributed by atoms with E-state index in [4.69, 9.17) is 14.1 Å². The summed E-state index contributed by atoms with van der Waals surface area (Å²) in [5.41, 5.74) is 4.29. The van der Waals surface area contributed by atoms with Crippen LogP contribution < -0.4 is 10.1 Å². The molecular formula is C26H19BrN2O3. The van der Waals surface area contributed by atoms with E-state index in [-0.39, 0.29) is 5.91 Å². The maximum absolute atomic E-state index is 13.0. The summed E-state index contributed by atoms with van der Waals surface area (Å²) in [6.45, 7) is 1.90. The number of ether oxygens (including phenoxy) is 1. The highest BCUT2D eigenvalue weighted by molar-refractivity contribution is 9.10. The van der Waals surface area contributed by atoms with E-state index in [1.807, 2.05) is 67.6 Å². The molecule has 1 N–H and O–H groups in total. The van der Waals surface area contributed by atoms with Crippen LogP contribution in [-0.4, -0.2) is 18.0 Å². The fraction of sp³-hybridized carbons (Fsp3) is 0.0769. The topological polar surface area (TPSA) is 64.4 Å². The lowest BCUT2D eigenvalue weighted by molar-refractivity contribution is 0.102. The molecule has 158 valence electrons. The highest BCUT2D eigenvalue weighted by Gasteiger charge is 2.17. The Morgan fingerprint density at radius 1 is 1.03 bits per heavy atom. The smallest absolute Gasteiger partial charge is 0.259 e. The van der Waals surface area contributed by atoms with E-state index in [0.717, 1.165) is 37.5 Å². The van der Waals surface area contributed by atoms with Gasteiger partial charge in [0.25, 0.3) is 5.91 Å². The SMILES string of the molecule is COc1c(C)cc(Br)cc1C(=O)Nc1cccc(-c2nc3c(ccc4ccccc43)o2)c1. The van der Waals surface area contributed by atoms with Gasteiger partial charge in [0.15, 0.2) is 5.58 Å². The number of fused-ring (bicyclic) bond motifs is 3. The lowest BCUT2D eigenvalue weighted by Crippen LogP contribution is -2.14. The zero-order valence-electron chi connectivity index (χ0n) is 17.5. The third-order valence-corrected chi connectivity index (χ3v) is 5.80. The first-order valence-electron chi connectivity index (χ1n) is 10.1. The van der Waals surface area contributed by atoms with Crippen molar-refractivity contribution in [2.75, 3.05) is 12.4 Å². The van der Waals surface area contributed by atoms with Crippen molar-refractivity contribution in [3.8, 4) is 17.2 Å². The molecule has 0 radical (unpaired) electrons. The average Bonchev–Trinajstić information content (AvgIpc) is 3.24. The van der Waals surface area contributed by atoms with Crippen LogP contribution in [-0.2, 0) is 0 Å². The maximum atomic E-state index is 13.0. The number of anilines is 1. The van der Waals surface area contributed by atoms with Crippen molar-refractivity contribution in [1.82, 2.24) is 4.98 Å². The number of carbonyl (C=O) groups excluding carboxylic acids is 1. The standard InChI is InChI=1S/C26H19BrN2O3/c1-15-12-18(27)14-21(24(15)31-2)25(30)28-19-8-5-7-17(13-19)26-29-23-20-9-4-3-6-16(20)10-11-22(23)32-26/h3-14H,1-2H3,(H,28,30). The molecule has 1 aromatic heterocycles. The molecule has 0 saturated heterocycles. The van der Waals surface area contributed by atoms with Crippen molar-refractivity contribution in [3.63, 3.8) is 0 Å². The number of rotatable bonds is 4. The van der Waals surface area contributed by atoms with Crippen molar-refractivity contribution in [3.05, 3.63) is 88.4 Å². The first-order valence-corrected chi connectivity index (χ1v) is 10.9. The fourth-order valence-electron chi connectivity index (χ4n) is 3.88. The van der Waals surface area contributed by atoms with E-state index in [9.17, 15) is 4.79 Å². The molecule has 0 aliphatic carbocycles. The molecule has 0 saturated carbocycles. The minimum absolute atomic E-state index is 0.257. The first kappa shape index (κ1) is 20.3. The number of aromatic nitrogens is 1. The number of methoxy groups -OCH3 is 1. The Hall–Kier alpha value is -3.64. The molecule has 6 heteroatoms. The number of amides is 1. The van der Waals surface area contributed by atoms with Crippen LogP contribution in [0.1, 0.15) is 15.9 Å². The molecule has 1 amide bonds. The van der Waals surface area contributed by atoms with Crippen LogP contribution in [0.25, 0.3) is 33.3 Å². The van der Waals surface area contributed by atoms with Gasteiger partial charge in [-0.15, -0.1) is 0 Å². The number of oxazole rings is 1. The Morgan fingerprint density at radius 2 is 1.88 bits per heavy atom. The number of halogens is 1. The summed E-state index contributed by atoms with van der Waals surface area (Å²) in [6.07, 6.45) is 0. The van der Waals surface area contributed by atoms with Gasteiger partial charge in [0, 0.05) is 21.1 Å². The molecule has 0 unspecified atom stereocenters. The predicted octanol–water partition coefficient (Wildman–Crippen LogP) is 6.98. The highest BCUT2D eigenvalue weighted by atomic mass is 79.9. The van der Waals surface area contributed by atoms with Crippen LogP contribution in [0.2, 0.25) is 0 Å². The minimum Gasteiger partial charge on any atom is -0.496 e. The molecular weight excluding hydrogens is 468 g/mol. The highest BCUT2D eigenvalue weighted by Crippen LogP contribution is 2.32. The van der Waals surface area contributed by atoms with Crippen LogP contribution in [0, 0.1) is 6.92 Å². The summed E-state index contributed by atoms with van der Waals surface area (Å²) in [4.78, 5) is 17.7. The third-order valence-electron chi connectivity index (χ3n) is 5.34. The molecule has 0 spiro atoms. The van der Waals surface area contributed by atoms with E-state index in [0.29, 0.717) is 22.9 Å². The Morgan fingerprint density at radius 3 is 2.72 bits per heavy atom. The molecule has 0 atom stereocenters. The van der Waals surface area contributed by atoms with Gasteiger partial charge in [-0.05, 0) is 54.3 Å². The minimum atomic E-state index is -0.257. The van der Waals surface area contributed by atoms with Crippen molar-refractivity contribution < 1.29 is 13.9 Å². The van der Waals surface area contributed by atoms with Gasteiger partial charge >= 0.3 is 0 Å². The molecule has 5 aromatic rings. The maximum Gasteiger partial charge on any atom is 0.259 e. The number of hydrogen-bond donors (Lipinski definition) is 1. The first-order chi connectivity index (χ1) is 15.5. The van der Waals surface area contributed by atoms with Gasteiger partial charge in [-0.1, -0.05) is 52.3 Å². The number of carbonyl (C=O) groups is 1. The van der Waals surface area contributed by atoms with E-state index < -0.39 is 0 Å². The lowest BCUT2D eigenvalue weighted by atomic mass is 10.1. The Kier molecular flexibility index (Phi) is 5.15. The average molecular weight is 487 g/mol. The quantitative estimate of drug-likeness (QED) is 0.297. The number of nitrogens with one attached hydrogen (secondary N) is 1. The number of aryl methyl sites for hydroxylation is 1. The van der Waals surface area contributed by atoms with Crippen LogP contribution in [0.15, 0.2) is 81.7 Å². The molecule has 5 nitrogen and oxygen atoms in total. The van der Waals surface area contributed by atoms with E-state index >= 15 is 0 Å². The van der Waals surface area contributed by atoms with Crippen LogP contribution >= 0.6 is 15.9 Å². The molecule has 4 aromatic carbocycles. The van der Waals surface area contributed by atoms with Gasteiger partial charge in [-0.25, -0.2) is 4.98 Å². The number of hydrogen-bond acceptors (Lipinski definition) is 4. The number of nitrogens with zero attached hydrogens (tertiary/aromatic N) is 1. The normalized spacial score (nSPS) is 11.1. The molecule has 1 heterocycles. The summed E-state index contributed by atoms with van der Waals surface area (Å²) < 4.78 is 12.3. The molecule has 5 rings (SSSR count). The summed E-state index contributed by atoms with van der Waals surface area (Å²) in [7, 11) is 1.56. The van der Waals surface area contributed by atoms with Crippen LogP contribution in [0.3, 0.4) is 0 Å². The van der Waals surface area contributed by atoms with Gasteiger partial charge in [-0.3, -0.25) is 4.79 Å². The van der Waals surface area contributed by atoms with Gasteiger partial charge in [0.05, 0.1) is 12.7 Å². The zero-order valence-corrected chi connectivity index (χ0v) is 19.1. The number of benzene rings is 4. The van der Waals surface area contributed by atoms with Gasteiger partial charge in [0.2, 0.25) is 5.89 Å². The Bertz CT molecular complexity index is 1490. The predicted molar refractivity (Wildman–Crippen MR) is 130 cm³/mol. The van der Waals surface area contributed by atoms with Crippen LogP contribution in [0.4, 0.5) is 5.69 Å². The van der Waals surface area contributed by atoms with Gasteiger partial charge in [0.1, 0.15) is 11.3 Å². The van der Waals surface area contributed by atoms with E-state index in [1.165, 1.54) is 0 Å². The van der Waals surface area contributed by atoms with Crippen molar-refractivity contribution in [1.29, 1.82) is 0 Å². The Labute approximate surface area is 193 Å². The second-order valence-electron chi connectivity index (χ2n) is 7.49. The molecule has 0 aliphatic rings. The fourth-order valence-corrected chi connectivity index (χ4v) is 4.46. The Balaban J connectivity index is 1.49. The van der Waals surface area contributed by atoms with Crippen molar-refractivity contribution in [2.24, 2.45) is 0 Å². The van der Waals surface area contributed by atoms with E-state index in [2.05, 4.69) is 27.3 Å². The zero-order chi connectivity index (χ0) is 22.2.